The third-order valence-electron chi connectivity index (χ3n) is 5.54. The Morgan fingerprint density at radius 3 is 2.42 bits per heavy atom. The number of hydrogen-bond acceptors (Lipinski definition) is 5. The minimum atomic E-state index is -1.69. The quantitative estimate of drug-likeness (QED) is 0.831. The molecule has 1 saturated carbocycles. The fourth-order valence-corrected chi connectivity index (χ4v) is 4.16. The molecule has 3 unspecified atom stereocenters. The molecule has 6 heteroatoms. The summed E-state index contributed by atoms with van der Waals surface area (Å²) in [5.41, 5.74) is -0.507. The van der Waals surface area contributed by atoms with Gasteiger partial charge in [-0.1, -0.05) is 25.1 Å². The van der Waals surface area contributed by atoms with Gasteiger partial charge in [-0.3, -0.25) is 4.90 Å². The van der Waals surface area contributed by atoms with Crippen molar-refractivity contribution < 1.29 is 4.39 Å². The van der Waals surface area contributed by atoms with Crippen molar-refractivity contribution in [2.24, 2.45) is 17.3 Å². The van der Waals surface area contributed by atoms with Crippen LogP contribution in [0.25, 0.3) is 0 Å². The molecule has 1 fully saturated rings. The molecule has 3 atom stereocenters. The number of nitrogens with zero attached hydrogens (tertiary/aromatic N) is 4. The molecule has 1 aliphatic carbocycles. The Labute approximate surface area is 152 Å². The first-order valence-electron chi connectivity index (χ1n) is 8.51. The lowest BCUT2D eigenvalue weighted by atomic mass is 9.55. The zero-order valence-electron chi connectivity index (χ0n) is 14.4. The van der Waals surface area contributed by atoms with Gasteiger partial charge in [0.25, 0.3) is 0 Å². The van der Waals surface area contributed by atoms with E-state index in [0.29, 0.717) is 18.7 Å². The van der Waals surface area contributed by atoms with Gasteiger partial charge in [-0.25, -0.2) is 4.39 Å². The van der Waals surface area contributed by atoms with Crippen LogP contribution in [0.2, 0.25) is 0 Å². The summed E-state index contributed by atoms with van der Waals surface area (Å²) in [6.45, 7) is 4.03. The molecule has 1 aliphatic heterocycles. The van der Waals surface area contributed by atoms with E-state index in [9.17, 15) is 20.2 Å². The number of nitrogens with one attached hydrogen (secondary N) is 1. The summed E-state index contributed by atoms with van der Waals surface area (Å²) in [6.07, 6.45) is 1.86. The van der Waals surface area contributed by atoms with Gasteiger partial charge in [-0.2, -0.15) is 15.8 Å². The van der Waals surface area contributed by atoms with Crippen molar-refractivity contribution in [3.8, 4) is 18.2 Å². The van der Waals surface area contributed by atoms with Crippen LogP contribution in [-0.2, 0) is 0 Å². The van der Waals surface area contributed by atoms with Crippen molar-refractivity contribution >= 4 is 5.71 Å². The van der Waals surface area contributed by atoms with Gasteiger partial charge in [0, 0.05) is 24.9 Å². The van der Waals surface area contributed by atoms with Gasteiger partial charge >= 0.3 is 0 Å². The lowest BCUT2D eigenvalue weighted by molar-refractivity contribution is 0.218. The minimum absolute atomic E-state index is 0.174. The molecule has 1 aromatic carbocycles. The van der Waals surface area contributed by atoms with Gasteiger partial charge in [0.15, 0.2) is 0 Å². The number of fused-ring (bicyclic) bond motifs is 1. The Hall–Kier alpha value is -3.01. The standard InChI is InChI=1S/C20H18FN5/c1-2-26-8-7-17-16(10-26)18(13-3-5-14(21)6-4-13)15(9-22)19(25)20(17,11-23)12-24/h3-7,15-16,18,25H,2,8,10H2,1H3. The molecule has 0 bridgehead atoms. The normalized spacial score (nSPS) is 27.4. The van der Waals surface area contributed by atoms with Gasteiger partial charge in [0.05, 0.1) is 29.8 Å². The second-order valence-corrected chi connectivity index (χ2v) is 6.69. The third-order valence-corrected chi connectivity index (χ3v) is 5.54. The van der Waals surface area contributed by atoms with Gasteiger partial charge in [0.1, 0.15) is 5.82 Å². The first kappa shape index (κ1) is 17.8. The highest BCUT2D eigenvalue weighted by Crippen LogP contribution is 2.52. The SMILES string of the molecule is CCN1CC=C2C(C1)C(c1ccc(F)cc1)C(C#N)C(=N)C2(C#N)C#N. The van der Waals surface area contributed by atoms with E-state index in [0.717, 1.165) is 12.1 Å². The molecule has 1 aromatic rings. The summed E-state index contributed by atoms with van der Waals surface area (Å²) in [5.74, 6) is -1.90. The fraction of sp³-hybridized carbons (Fsp3) is 0.400. The Balaban J connectivity index is 2.21. The zero-order chi connectivity index (χ0) is 18.9. The van der Waals surface area contributed by atoms with Crippen LogP contribution in [0.15, 0.2) is 35.9 Å². The van der Waals surface area contributed by atoms with E-state index in [1.54, 1.807) is 12.1 Å². The Morgan fingerprint density at radius 1 is 1.23 bits per heavy atom. The van der Waals surface area contributed by atoms with E-state index in [1.807, 2.05) is 25.1 Å². The van der Waals surface area contributed by atoms with Crippen LogP contribution in [-0.4, -0.2) is 30.2 Å². The summed E-state index contributed by atoms with van der Waals surface area (Å²) >= 11 is 0. The summed E-state index contributed by atoms with van der Waals surface area (Å²) in [6, 6.07) is 12.1. The van der Waals surface area contributed by atoms with Crippen LogP contribution >= 0.6 is 0 Å². The number of halogens is 1. The highest BCUT2D eigenvalue weighted by molar-refractivity contribution is 6.01. The predicted octanol–water partition coefficient (Wildman–Crippen LogP) is 2.99. The number of nitriles is 3. The van der Waals surface area contributed by atoms with Gasteiger partial charge < -0.3 is 5.41 Å². The Morgan fingerprint density at radius 2 is 1.88 bits per heavy atom. The van der Waals surface area contributed by atoms with Gasteiger partial charge in [-0.05, 0) is 29.8 Å². The summed E-state index contributed by atoms with van der Waals surface area (Å²) in [5, 5.41) is 37.8. The topological polar surface area (TPSA) is 98.5 Å². The van der Waals surface area contributed by atoms with Crippen LogP contribution < -0.4 is 0 Å². The molecular formula is C20H18FN5. The van der Waals surface area contributed by atoms with Crippen molar-refractivity contribution in [3.63, 3.8) is 0 Å². The molecule has 0 saturated heterocycles. The van der Waals surface area contributed by atoms with E-state index in [2.05, 4.69) is 11.0 Å². The summed E-state index contributed by atoms with van der Waals surface area (Å²) in [7, 11) is 0. The molecule has 0 spiro atoms. The molecule has 0 aromatic heterocycles. The first-order valence-corrected chi connectivity index (χ1v) is 8.51. The fourth-order valence-electron chi connectivity index (χ4n) is 4.16. The van der Waals surface area contributed by atoms with E-state index >= 15 is 0 Å². The van der Waals surface area contributed by atoms with Crippen molar-refractivity contribution in [2.45, 2.75) is 12.8 Å². The van der Waals surface area contributed by atoms with Crippen molar-refractivity contribution in [1.29, 1.82) is 21.2 Å². The van der Waals surface area contributed by atoms with E-state index in [1.165, 1.54) is 12.1 Å². The maximum absolute atomic E-state index is 13.4. The van der Waals surface area contributed by atoms with Crippen molar-refractivity contribution in [2.75, 3.05) is 19.6 Å². The molecule has 5 nitrogen and oxygen atoms in total. The first-order chi connectivity index (χ1) is 12.5. The van der Waals surface area contributed by atoms with E-state index in [4.69, 9.17) is 5.41 Å². The molecule has 0 amide bonds. The molecular weight excluding hydrogens is 329 g/mol. The maximum atomic E-state index is 13.4. The predicted molar refractivity (Wildman–Crippen MR) is 93.3 cm³/mol. The molecule has 1 N–H and O–H groups in total. The number of benzene rings is 1. The maximum Gasteiger partial charge on any atom is 0.203 e. The summed E-state index contributed by atoms with van der Waals surface area (Å²) < 4.78 is 13.4. The minimum Gasteiger partial charge on any atom is -0.305 e. The molecule has 26 heavy (non-hydrogen) atoms. The highest BCUT2D eigenvalue weighted by atomic mass is 19.1. The Kier molecular flexibility index (Phi) is 4.60. The van der Waals surface area contributed by atoms with Crippen LogP contribution in [0.3, 0.4) is 0 Å². The smallest absolute Gasteiger partial charge is 0.203 e. The highest BCUT2D eigenvalue weighted by Gasteiger charge is 2.56. The van der Waals surface area contributed by atoms with E-state index in [-0.39, 0.29) is 23.4 Å². The second-order valence-electron chi connectivity index (χ2n) is 6.69. The average Bonchev–Trinajstić information content (AvgIpc) is 2.68. The number of rotatable bonds is 2. The average molecular weight is 347 g/mol. The van der Waals surface area contributed by atoms with Crippen LogP contribution in [0, 0.1) is 62.5 Å². The van der Waals surface area contributed by atoms with Crippen LogP contribution in [0.5, 0.6) is 0 Å². The molecule has 2 aliphatic rings. The van der Waals surface area contributed by atoms with E-state index < -0.39 is 11.3 Å². The molecule has 130 valence electrons. The van der Waals surface area contributed by atoms with Crippen LogP contribution in [0.4, 0.5) is 4.39 Å². The zero-order valence-corrected chi connectivity index (χ0v) is 14.4. The van der Waals surface area contributed by atoms with Crippen LogP contribution in [0.1, 0.15) is 18.4 Å². The summed E-state index contributed by atoms with van der Waals surface area (Å²) in [4.78, 5) is 2.17. The molecule has 1 heterocycles. The monoisotopic (exact) mass is 347 g/mol. The van der Waals surface area contributed by atoms with Crippen molar-refractivity contribution in [1.82, 2.24) is 4.90 Å². The third kappa shape index (κ3) is 2.49. The van der Waals surface area contributed by atoms with Crippen molar-refractivity contribution in [3.05, 3.63) is 47.3 Å². The molecule has 0 radical (unpaired) electrons. The van der Waals surface area contributed by atoms with Gasteiger partial charge in [-0.15, -0.1) is 0 Å². The number of hydrogen-bond donors (Lipinski definition) is 1. The Bertz CT molecular complexity index is 867. The molecule has 3 rings (SSSR count). The lowest BCUT2D eigenvalue weighted by Crippen LogP contribution is -2.52. The second kappa shape index (κ2) is 6.71. The lowest BCUT2D eigenvalue weighted by Gasteiger charge is -2.47. The largest absolute Gasteiger partial charge is 0.305 e. The van der Waals surface area contributed by atoms with Gasteiger partial charge in [0.2, 0.25) is 5.41 Å². The number of likely N-dealkylation sites (N-methyl/N-ethyl adjacent to an activating group) is 1.